The summed E-state index contributed by atoms with van der Waals surface area (Å²) in [7, 11) is 0. The molecule has 0 spiro atoms. The van der Waals surface area contributed by atoms with Crippen molar-refractivity contribution in [2.24, 2.45) is 0 Å². The van der Waals surface area contributed by atoms with E-state index in [2.05, 4.69) is 22.8 Å². The van der Waals surface area contributed by atoms with Crippen molar-refractivity contribution in [1.29, 1.82) is 0 Å². The third kappa shape index (κ3) is 1.67. The van der Waals surface area contributed by atoms with Crippen molar-refractivity contribution in [2.75, 3.05) is 6.54 Å². The van der Waals surface area contributed by atoms with Crippen LogP contribution in [0.15, 0.2) is 35.7 Å². The summed E-state index contributed by atoms with van der Waals surface area (Å²) >= 11 is 8.10. The Morgan fingerprint density at radius 1 is 1.19 bits per heavy atom. The maximum Gasteiger partial charge on any atom is 0.0602 e. The second-order valence-electron chi connectivity index (χ2n) is 3.96. The van der Waals surface area contributed by atoms with Crippen LogP contribution in [0.5, 0.6) is 0 Å². The molecule has 1 N–H and O–H groups in total. The number of hydrogen-bond acceptors (Lipinski definition) is 2. The van der Waals surface area contributed by atoms with Gasteiger partial charge in [0.1, 0.15) is 0 Å². The fourth-order valence-corrected chi connectivity index (χ4v) is 3.40. The molecule has 0 saturated carbocycles. The number of nitrogens with one attached hydrogen (secondary N) is 1. The lowest BCUT2D eigenvalue weighted by Crippen LogP contribution is -2.29. The average Bonchev–Trinajstić information content (AvgIpc) is 2.77. The molecule has 2 aromatic rings. The van der Waals surface area contributed by atoms with Gasteiger partial charge in [-0.05, 0) is 35.1 Å². The Bertz CT molecular complexity index is 506. The third-order valence-corrected chi connectivity index (χ3v) is 4.35. The van der Waals surface area contributed by atoms with E-state index >= 15 is 0 Å². The number of benzene rings is 1. The van der Waals surface area contributed by atoms with Gasteiger partial charge in [0.2, 0.25) is 0 Å². The number of fused-ring (bicyclic) bond motifs is 1. The summed E-state index contributed by atoms with van der Waals surface area (Å²) in [6.45, 7) is 1.03. The summed E-state index contributed by atoms with van der Waals surface area (Å²) in [5.41, 5.74) is 2.58. The average molecular weight is 250 g/mol. The van der Waals surface area contributed by atoms with Crippen LogP contribution in [0.3, 0.4) is 0 Å². The highest BCUT2D eigenvalue weighted by Gasteiger charge is 2.23. The molecule has 1 aromatic heterocycles. The van der Waals surface area contributed by atoms with Gasteiger partial charge in [0.25, 0.3) is 0 Å². The van der Waals surface area contributed by atoms with E-state index in [9.17, 15) is 0 Å². The first kappa shape index (κ1) is 10.3. The smallest absolute Gasteiger partial charge is 0.0602 e. The summed E-state index contributed by atoms with van der Waals surface area (Å²) in [5.74, 6) is 0. The highest BCUT2D eigenvalue weighted by atomic mass is 35.5. The predicted octanol–water partition coefficient (Wildman–Crippen LogP) is 3.64. The van der Waals surface area contributed by atoms with Gasteiger partial charge >= 0.3 is 0 Å². The quantitative estimate of drug-likeness (QED) is 0.814. The molecular weight excluding hydrogens is 238 g/mol. The van der Waals surface area contributed by atoms with Crippen LogP contribution in [0.2, 0.25) is 5.02 Å². The summed E-state index contributed by atoms with van der Waals surface area (Å²) in [6.07, 6.45) is 1.13. The fraction of sp³-hybridized carbons (Fsp3) is 0.231. The zero-order valence-electron chi connectivity index (χ0n) is 8.74. The minimum Gasteiger partial charge on any atom is -0.306 e. The van der Waals surface area contributed by atoms with E-state index in [1.807, 2.05) is 29.5 Å². The summed E-state index contributed by atoms with van der Waals surface area (Å²) in [6, 6.07) is 10.6. The van der Waals surface area contributed by atoms with Crippen LogP contribution in [-0.4, -0.2) is 6.54 Å². The SMILES string of the molecule is Clc1ccccc1[C@H]1NCCc2sccc21. The highest BCUT2D eigenvalue weighted by Crippen LogP contribution is 2.34. The van der Waals surface area contributed by atoms with E-state index in [-0.39, 0.29) is 6.04 Å². The normalized spacial score (nSPS) is 19.4. The lowest BCUT2D eigenvalue weighted by Gasteiger charge is -2.25. The van der Waals surface area contributed by atoms with E-state index in [0.29, 0.717) is 0 Å². The van der Waals surface area contributed by atoms with Gasteiger partial charge < -0.3 is 5.32 Å². The van der Waals surface area contributed by atoms with Crippen molar-refractivity contribution in [1.82, 2.24) is 5.32 Å². The second kappa shape index (κ2) is 4.21. The molecule has 2 heterocycles. The molecule has 16 heavy (non-hydrogen) atoms. The van der Waals surface area contributed by atoms with Crippen molar-refractivity contribution < 1.29 is 0 Å². The van der Waals surface area contributed by atoms with E-state index in [0.717, 1.165) is 18.0 Å². The van der Waals surface area contributed by atoms with Crippen LogP contribution in [0.4, 0.5) is 0 Å². The standard InChI is InChI=1S/C13H12ClNS/c14-11-4-2-1-3-9(11)13-10-6-8-16-12(10)5-7-15-13/h1-4,6,8,13,15H,5,7H2/t13-/m1/s1. The number of thiophene rings is 1. The van der Waals surface area contributed by atoms with Gasteiger partial charge in [-0.3, -0.25) is 0 Å². The molecule has 3 rings (SSSR count). The van der Waals surface area contributed by atoms with Crippen molar-refractivity contribution in [3.8, 4) is 0 Å². The van der Waals surface area contributed by atoms with Crippen molar-refractivity contribution >= 4 is 22.9 Å². The molecule has 1 atom stereocenters. The van der Waals surface area contributed by atoms with Crippen LogP contribution in [0.25, 0.3) is 0 Å². The minimum absolute atomic E-state index is 0.267. The molecule has 0 fully saturated rings. The first-order valence-corrected chi connectivity index (χ1v) is 6.66. The Morgan fingerprint density at radius 2 is 2.06 bits per heavy atom. The van der Waals surface area contributed by atoms with Crippen LogP contribution >= 0.6 is 22.9 Å². The topological polar surface area (TPSA) is 12.0 Å². The molecule has 0 radical (unpaired) electrons. The van der Waals surface area contributed by atoms with Gasteiger partial charge in [0, 0.05) is 16.4 Å². The first-order chi connectivity index (χ1) is 7.86. The zero-order chi connectivity index (χ0) is 11.0. The summed E-state index contributed by atoms with van der Waals surface area (Å²) in [4.78, 5) is 1.49. The van der Waals surface area contributed by atoms with Crippen LogP contribution in [0, 0.1) is 0 Å². The monoisotopic (exact) mass is 249 g/mol. The van der Waals surface area contributed by atoms with Crippen molar-refractivity contribution in [3.05, 3.63) is 56.7 Å². The summed E-state index contributed by atoms with van der Waals surface area (Å²) < 4.78 is 0. The molecule has 82 valence electrons. The second-order valence-corrected chi connectivity index (χ2v) is 5.37. The zero-order valence-corrected chi connectivity index (χ0v) is 10.3. The molecule has 1 aliphatic heterocycles. The maximum absolute atomic E-state index is 6.25. The highest BCUT2D eigenvalue weighted by molar-refractivity contribution is 7.10. The molecule has 0 amide bonds. The van der Waals surface area contributed by atoms with E-state index in [1.165, 1.54) is 16.0 Å². The molecular formula is C13H12ClNS. The van der Waals surface area contributed by atoms with Crippen molar-refractivity contribution in [2.45, 2.75) is 12.5 Å². The fourth-order valence-electron chi connectivity index (χ4n) is 2.24. The molecule has 0 saturated heterocycles. The summed E-state index contributed by atoms with van der Waals surface area (Å²) in [5, 5.41) is 6.56. The van der Waals surface area contributed by atoms with Gasteiger partial charge in [-0.25, -0.2) is 0 Å². The lowest BCUT2D eigenvalue weighted by atomic mass is 9.95. The van der Waals surface area contributed by atoms with Gasteiger partial charge in [0.05, 0.1) is 6.04 Å². The number of rotatable bonds is 1. The first-order valence-electron chi connectivity index (χ1n) is 5.40. The number of hydrogen-bond donors (Lipinski definition) is 1. The Morgan fingerprint density at radius 3 is 2.94 bits per heavy atom. The molecule has 3 heteroatoms. The third-order valence-electron chi connectivity index (χ3n) is 3.01. The maximum atomic E-state index is 6.25. The van der Waals surface area contributed by atoms with Gasteiger partial charge in [-0.15, -0.1) is 11.3 Å². The van der Waals surface area contributed by atoms with E-state index < -0.39 is 0 Å². The Hall–Kier alpha value is -0.830. The Balaban J connectivity index is 2.08. The molecule has 0 aliphatic carbocycles. The molecule has 0 unspecified atom stereocenters. The Kier molecular flexibility index (Phi) is 2.72. The Labute approximate surface area is 104 Å². The largest absolute Gasteiger partial charge is 0.306 e. The molecule has 1 aliphatic rings. The molecule has 1 aromatic carbocycles. The molecule has 0 bridgehead atoms. The number of halogens is 1. The van der Waals surface area contributed by atoms with E-state index in [1.54, 1.807) is 0 Å². The van der Waals surface area contributed by atoms with Gasteiger partial charge in [-0.1, -0.05) is 29.8 Å². The van der Waals surface area contributed by atoms with E-state index in [4.69, 9.17) is 11.6 Å². The van der Waals surface area contributed by atoms with Crippen molar-refractivity contribution in [3.63, 3.8) is 0 Å². The van der Waals surface area contributed by atoms with Gasteiger partial charge in [-0.2, -0.15) is 0 Å². The lowest BCUT2D eigenvalue weighted by molar-refractivity contribution is 0.575. The minimum atomic E-state index is 0.267. The predicted molar refractivity (Wildman–Crippen MR) is 69.3 cm³/mol. The molecule has 1 nitrogen and oxygen atoms in total. The van der Waals surface area contributed by atoms with Crippen LogP contribution < -0.4 is 5.32 Å². The van der Waals surface area contributed by atoms with Gasteiger partial charge in [0.15, 0.2) is 0 Å². The van der Waals surface area contributed by atoms with Crippen LogP contribution in [0.1, 0.15) is 22.0 Å². The van der Waals surface area contributed by atoms with Crippen LogP contribution in [-0.2, 0) is 6.42 Å².